The summed E-state index contributed by atoms with van der Waals surface area (Å²) in [5, 5.41) is 0.809. The van der Waals surface area contributed by atoms with Gasteiger partial charge in [-0.15, -0.1) is 0 Å². The number of carbonyl (C=O) groups excluding carboxylic acids is 1. The number of imidazole rings is 1. The van der Waals surface area contributed by atoms with Gasteiger partial charge >= 0.3 is 0 Å². The minimum atomic E-state index is -0.335. The van der Waals surface area contributed by atoms with Crippen molar-refractivity contribution >= 4 is 28.5 Å². The first kappa shape index (κ1) is 26.8. The van der Waals surface area contributed by atoms with E-state index in [1.807, 2.05) is 26.8 Å². The highest BCUT2D eigenvalue weighted by Gasteiger charge is 2.44. The highest BCUT2D eigenvalue weighted by Crippen LogP contribution is 2.45. The van der Waals surface area contributed by atoms with Crippen LogP contribution in [0.15, 0.2) is 48.5 Å². The maximum absolute atomic E-state index is 13.0. The van der Waals surface area contributed by atoms with Crippen LogP contribution in [0.3, 0.4) is 0 Å². The van der Waals surface area contributed by atoms with Crippen molar-refractivity contribution in [2.24, 2.45) is 5.41 Å². The van der Waals surface area contributed by atoms with Crippen molar-refractivity contribution in [2.75, 3.05) is 19.6 Å². The lowest BCUT2D eigenvalue weighted by atomic mass is 9.70. The Morgan fingerprint density at radius 1 is 1.00 bits per heavy atom. The number of carbonyl (C=O) groups is 1. The van der Waals surface area contributed by atoms with Crippen LogP contribution in [0.4, 0.5) is 0 Å². The van der Waals surface area contributed by atoms with E-state index in [-0.39, 0.29) is 16.7 Å². The topological polar surface area (TPSA) is 41.4 Å². The van der Waals surface area contributed by atoms with Crippen molar-refractivity contribution in [1.82, 2.24) is 19.4 Å². The van der Waals surface area contributed by atoms with Crippen molar-refractivity contribution in [2.45, 2.75) is 96.2 Å². The summed E-state index contributed by atoms with van der Waals surface area (Å²) in [6.07, 6.45) is 8.12. The number of aromatic nitrogens is 2. The molecule has 2 atom stereocenters. The minimum absolute atomic E-state index is 0.0625. The van der Waals surface area contributed by atoms with E-state index in [1.54, 1.807) is 0 Å². The first-order valence-corrected chi connectivity index (χ1v) is 15.3. The summed E-state index contributed by atoms with van der Waals surface area (Å²) in [6, 6.07) is 18.9. The molecule has 0 aliphatic carbocycles. The molecule has 208 valence electrons. The summed E-state index contributed by atoms with van der Waals surface area (Å²) in [4.78, 5) is 22.8. The number of benzene rings is 2. The Labute approximate surface area is 238 Å². The molecule has 6 heteroatoms. The molecule has 39 heavy (non-hydrogen) atoms. The maximum Gasteiger partial charge on any atom is 0.227 e. The summed E-state index contributed by atoms with van der Waals surface area (Å²) in [5.74, 6) is 1.41. The fraction of sp³-hybridized carbons (Fsp3) is 0.576. The Kier molecular flexibility index (Phi) is 7.04. The van der Waals surface area contributed by atoms with Gasteiger partial charge in [0.05, 0.1) is 11.0 Å². The van der Waals surface area contributed by atoms with Gasteiger partial charge in [-0.2, -0.15) is 0 Å². The van der Waals surface area contributed by atoms with E-state index >= 15 is 0 Å². The van der Waals surface area contributed by atoms with Crippen molar-refractivity contribution in [3.05, 3.63) is 64.9 Å². The van der Waals surface area contributed by atoms with Crippen LogP contribution in [-0.2, 0) is 10.2 Å². The molecule has 0 spiro atoms. The molecule has 3 fully saturated rings. The molecule has 3 aliphatic heterocycles. The predicted molar refractivity (Wildman–Crippen MR) is 159 cm³/mol. The second kappa shape index (κ2) is 10.2. The zero-order valence-corrected chi connectivity index (χ0v) is 24.8. The number of hydrogen-bond donors (Lipinski definition) is 0. The molecular weight excluding hydrogens is 504 g/mol. The van der Waals surface area contributed by atoms with Crippen LogP contribution < -0.4 is 0 Å². The first-order chi connectivity index (χ1) is 18.6. The second-order valence-corrected chi connectivity index (χ2v) is 13.8. The number of nitrogens with zero attached hydrogens (tertiary/aromatic N) is 4. The molecule has 6 rings (SSSR count). The maximum atomic E-state index is 13.0. The summed E-state index contributed by atoms with van der Waals surface area (Å²) >= 11 is 6.51. The second-order valence-electron chi connectivity index (χ2n) is 13.3. The van der Waals surface area contributed by atoms with Crippen LogP contribution >= 0.6 is 11.6 Å². The van der Waals surface area contributed by atoms with Crippen LogP contribution in [0, 0.1) is 12.3 Å². The molecule has 0 saturated carbocycles. The number of para-hydroxylation sites is 2. The van der Waals surface area contributed by atoms with Crippen molar-refractivity contribution in [3.8, 4) is 0 Å². The average Bonchev–Trinajstić information content (AvgIpc) is 3.37. The van der Waals surface area contributed by atoms with Crippen LogP contribution in [0.5, 0.6) is 0 Å². The summed E-state index contributed by atoms with van der Waals surface area (Å²) in [5.41, 5.74) is 3.47. The van der Waals surface area contributed by atoms with Gasteiger partial charge in [0.1, 0.15) is 5.82 Å². The van der Waals surface area contributed by atoms with Crippen molar-refractivity contribution in [1.29, 1.82) is 0 Å². The van der Waals surface area contributed by atoms with Crippen LogP contribution in [0.2, 0.25) is 5.02 Å². The molecule has 1 amide bonds. The summed E-state index contributed by atoms with van der Waals surface area (Å²) in [7, 11) is 0. The van der Waals surface area contributed by atoms with Crippen molar-refractivity contribution < 1.29 is 4.79 Å². The molecule has 4 heterocycles. The molecule has 2 bridgehead atoms. The molecule has 3 saturated heterocycles. The number of amides is 1. The average molecular weight is 547 g/mol. The standard InChI is InChI=1S/C33H43ClN4O/c1-23-35-29-10-5-6-11-30(29)38(23)28-21-26-12-13-27(22-28)37(26)19-16-33(24-8-7-9-25(34)20-24)14-17-36(18-15-33)31(39)32(2,3)4/h5-11,20,26-28H,12-19,21-22H2,1-4H3/t26-,27-/m1/s1. The number of aryl methyl sites for hydroxylation is 1. The molecule has 3 aliphatic rings. The zero-order valence-electron chi connectivity index (χ0n) is 24.0. The van der Waals surface area contributed by atoms with E-state index in [2.05, 4.69) is 63.8 Å². The molecule has 0 N–H and O–H groups in total. The largest absolute Gasteiger partial charge is 0.342 e. The molecular formula is C33H43ClN4O. The molecule has 1 aromatic heterocycles. The van der Waals surface area contributed by atoms with E-state index in [0.717, 1.165) is 55.3 Å². The number of halogens is 1. The Morgan fingerprint density at radius 3 is 2.36 bits per heavy atom. The molecule has 0 radical (unpaired) electrons. The van der Waals surface area contributed by atoms with Gasteiger partial charge in [0, 0.05) is 41.7 Å². The van der Waals surface area contributed by atoms with Crippen molar-refractivity contribution in [3.63, 3.8) is 0 Å². The third-order valence-corrected chi connectivity index (χ3v) is 10.2. The van der Waals surface area contributed by atoms with Gasteiger partial charge in [-0.1, -0.05) is 56.6 Å². The van der Waals surface area contributed by atoms with Gasteiger partial charge in [0.25, 0.3) is 0 Å². The monoisotopic (exact) mass is 546 g/mol. The highest BCUT2D eigenvalue weighted by molar-refractivity contribution is 6.30. The molecule has 3 aromatic rings. The lowest BCUT2D eigenvalue weighted by molar-refractivity contribution is -0.141. The van der Waals surface area contributed by atoms with E-state index in [4.69, 9.17) is 16.6 Å². The Balaban J connectivity index is 1.19. The number of piperidine rings is 2. The van der Waals surface area contributed by atoms with Gasteiger partial charge in [0.2, 0.25) is 5.91 Å². The summed E-state index contributed by atoms with van der Waals surface area (Å²) in [6.45, 7) is 11.0. The SMILES string of the molecule is Cc1nc2ccccc2n1C1C[C@H]2CC[C@H](C1)N2CCC1(c2cccc(Cl)c2)CCN(C(=O)C(C)(C)C)CC1. The fourth-order valence-corrected chi connectivity index (χ4v) is 8.09. The van der Waals surface area contributed by atoms with Gasteiger partial charge < -0.3 is 9.47 Å². The highest BCUT2D eigenvalue weighted by atomic mass is 35.5. The van der Waals surface area contributed by atoms with E-state index in [1.165, 1.54) is 36.8 Å². The number of likely N-dealkylation sites (tertiary alicyclic amines) is 1. The summed E-state index contributed by atoms with van der Waals surface area (Å²) < 4.78 is 2.52. The number of fused-ring (bicyclic) bond motifs is 3. The minimum Gasteiger partial charge on any atom is -0.342 e. The first-order valence-electron chi connectivity index (χ1n) is 14.9. The van der Waals surface area contributed by atoms with E-state index in [9.17, 15) is 4.79 Å². The smallest absolute Gasteiger partial charge is 0.227 e. The quantitative estimate of drug-likeness (QED) is 0.341. The van der Waals surface area contributed by atoms with Crippen LogP contribution in [0.25, 0.3) is 11.0 Å². The zero-order chi connectivity index (χ0) is 27.4. The number of rotatable bonds is 5. The molecule has 2 aromatic carbocycles. The van der Waals surface area contributed by atoms with Gasteiger partial charge in [-0.25, -0.2) is 4.98 Å². The fourth-order valence-electron chi connectivity index (χ4n) is 7.90. The lowest BCUT2D eigenvalue weighted by Crippen LogP contribution is -2.50. The number of hydrogen-bond acceptors (Lipinski definition) is 3. The van der Waals surface area contributed by atoms with Crippen LogP contribution in [-0.4, -0.2) is 57.0 Å². The lowest BCUT2D eigenvalue weighted by Gasteiger charge is -2.46. The van der Waals surface area contributed by atoms with Gasteiger partial charge in [0.15, 0.2) is 0 Å². The van der Waals surface area contributed by atoms with E-state index in [0.29, 0.717) is 18.1 Å². The molecule has 0 unspecified atom stereocenters. The predicted octanol–water partition coefficient (Wildman–Crippen LogP) is 7.16. The third kappa shape index (κ3) is 5.02. The van der Waals surface area contributed by atoms with Gasteiger partial charge in [-0.3, -0.25) is 9.69 Å². The molecule has 5 nitrogen and oxygen atoms in total. The Hall–Kier alpha value is -2.37. The normalized spacial score (nSPS) is 25.4. The van der Waals surface area contributed by atoms with E-state index < -0.39 is 0 Å². The Morgan fingerprint density at radius 2 is 1.69 bits per heavy atom. The third-order valence-electron chi connectivity index (χ3n) is 9.93. The Bertz CT molecular complexity index is 1340. The van der Waals surface area contributed by atoms with Crippen LogP contribution in [0.1, 0.15) is 83.1 Å². The van der Waals surface area contributed by atoms with Gasteiger partial charge in [-0.05, 0) is 93.7 Å².